The predicted octanol–water partition coefficient (Wildman–Crippen LogP) is 4.23. The van der Waals surface area contributed by atoms with Crippen molar-refractivity contribution in [3.8, 4) is 0 Å². The monoisotopic (exact) mass is 353 g/mol. The highest BCUT2D eigenvalue weighted by Gasteiger charge is 2.40. The van der Waals surface area contributed by atoms with Gasteiger partial charge in [0.25, 0.3) is 0 Å². The van der Waals surface area contributed by atoms with Crippen molar-refractivity contribution in [2.24, 2.45) is 10.9 Å². The van der Waals surface area contributed by atoms with Gasteiger partial charge in [-0.2, -0.15) is 0 Å². The largest absolute Gasteiger partial charge is 0.273 e. The Labute approximate surface area is 154 Å². The highest BCUT2D eigenvalue weighted by atomic mass is 32.2. The lowest BCUT2D eigenvalue weighted by Crippen LogP contribution is -2.48. The van der Waals surface area contributed by atoms with Crippen molar-refractivity contribution in [2.75, 3.05) is 13.7 Å². The number of pyridine rings is 1. The van der Waals surface area contributed by atoms with Crippen molar-refractivity contribution in [2.45, 2.75) is 25.3 Å². The van der Waals surface area contributed by atoms with Gasteiger partial charge < -0.3 is 0 Å². The van der Waals surface area contributed by atoms with Crippen LogP contribution in [0.5, 0.6) is 0 Å². The minimum atomic E-state index is 0.386. The molecule has 0 aliphatic carbocycles. The van der Waals surface area contributed by atoms with Crippen LogP contribution >= 0.6 is 11.8 Å². The van der Waals surface area contributed by atoms with Gasteiger partial charge in [0.15, 0.2) is 6.34 Å². The van der Waals surface area contributed by atoms with E-state index in [9.17, 15) is 0 Å². The topological polar surface area (TPSA) is 37.3 Å². The maximum Gasteiger partial charge on any atom is 0.201 e. The molecule has 0 saturated carbocycles. The first-order valence-corrected chi connectivity index (χ1v) is 9.39. The summed E-state index contributed by atoms with van der Waals surface area (Å²) in [6.45, 7) is 6.09. The smallest absolute Gasteiger partial charge is 0.201 e. The molecule has 1 aromatic heterocycles. The third-order valence-corrected chi connectivity index (χ3v) is 5.47. The van der Waals surface area contributed by atoms with E-state index in [1.165, 1.54) is 21.2 Å². The summed E-state index contributed by atoms with van der Waals surface area (Å²) in [5.74, 6) is 0.386. The summed E-state index contributed by atoms with van der Waals surface area (Å²) in [5.41, 5.74) is 2.44. The maximum atomic E-state index is 4.83. The molecule has 130 valence electrons. The molecule has 2 heterocycles. The van der Waals surface area contributed by atoms with Crippen LogP contribution in [0, 0.1) is 5.92 Å². The standard InChI is InChI=1S/C20H25N4S/c1-16(2)19-20(25-18-7-5-4-6-8-18)24(14-21-3,15-23-19)13-17-9-11-22-12-10-17/h4-12,15-16,21H,13-14H2,1-3H3/q+1. The van der Waals surface area contributed by atoms with Crippen LogP contribution in [-0.2, 0) is 6.54 Å². The molecule has 1 aliphatic heterocycles. The number of thioether (sulfide) groups is 1. The zero-order valence-corrected chi connectivity index (χ0v) is 15.8. The van der Waals surface area contributed by atoms with Crippen molar-refractivity contribution in [3.05, 3.63) is 71.1 Å². The summed E-state index contributed by atoms with van der Waals surface area (Å²) in [7, 11) is 2.00. The van der Waals surface area contributed by atoms with Gasteiger partial charge in [0.1, 0.15) is 18.9 Å². The normalized spacial score (nSPS) is 19.8. The zero-order valence-electron chi connectivity index (χ0n) is 15.0. The summed E-state index contributed by atoms with van der Waals surface area (Å²) in [6.07, 6.45) is 5.81. The number of nitrogens with one attached hydrogen (secondary N) is 1. The summed E-state index contributed by atoms with van der Waals surface area (Å²) in [4.78, 5) is 10.2. The average molecular weight is 354 g/mol. The average Bonchev–Trinajstić information content (AvgIpc) is 2.95. The molecule has 1 aliphatic rings. The number of rotatable bonds is 7. The van der Waals surface area contributed by atoms with Gasteiger partial charge in [-0.3, -0.25) is 10.3 Å². The van der Waals surface area contributed by atoms with Gasteiger partial charge in [0, 0.05) is 28.8 Å². The van der Waals surface area contributed by atoms with Gasteiger partial charge in [0.2, 0.25) is 5.03 Å². The first-order valence-electron chi connectivity index (χ1n) is 8.58. The number of aliphatic imine (C=N–C) groups is 1. The van der Waals surface area contributed by atoms with Gasteiger partial charge in [-0.25, -0.2) is 9.48 Å². The van der Waals surface area contributed by atoms with E-state index in [1.54, 1.807) is 0 Å². The van der Waals surface area contributed by atoms with Crippen LogP contribution in [0.4, 0.5) is 0 Å². The molecule has 1 aromatic carbocycles. The zero-order chi connectivity index (χ0) is 17.7. The van der Waals surface area contributed by atoms with Crippen LogP contribution in [0.15, 0.2) is 75.5 Å². The Bertz CT molecular complexity index is 756. The molecule has 2 aromatic rings. The molecular formula is C20H25N4S+. The molecule has 0 spiro atoms. The summed E-state index contributed by atoms with van der Waals surface area (Å²) in [6, 6.07) is 14.7. The molecular weight excluding hydrogens is 328 g/mol. The van der Waals surface area contributed by atoms with E-state index in [-0.39, 0.29) is 0 Å². The molecule has 1 unspecified atom stereocenters. The van der Waals surface area contributed by atoms with E-state index in [0.29, 0.717) is 10.4 Å². The predicted molar refractivity (Wildman–Crippen MR) is 105 cm³/mol. The summed E-state index contributed by atoms with van der Waals surface area (Å²) >= 11 is 1.83. The van der Waals surface area contributed by atoms with E-state index >= 15 is 0 Å². The molecule has 4 nitrogen and oxygen atoms in total. The molecule has 5 heteroatoms. The van der Waals surface area contributed by atoms with Gasteiger partial charge in [-0.1, -0.05) is 32.0 Å². The molecule has 0 fully saturated rings. The first-order chi connectivity index (χ1) is 12.1. The van der Waals surface area contributed by atoms with Crippen LogP contribution in [-0.4, -0.2) is 29.5 Å². The van der Waals surface area contributed by atoms with E-state index < -0.39 is 0 Å². The lowest BCUT2D eigenvalue weighted by Gasteiger charge is -2.32. The van der Waals surface area contributed by atoms with Gasteiger partial charge in [0.05, 0.1) is 0 Å². The Morgan fingerprint density at radius 1 is 1.08 bits per heavy atom. The van der Waals surface area contributed by atoms with Gasteiger partial charge in [-0.15, -0.1) is 0 Å². The molecule has 25 heavy (non-hydrogen) atoms. The fraction of sp³-hybridized carbons (Fsp3) is 0.300. The van der Waals surface area contributed by atoms with Crippen LogP contribution in [0.25, 0.3) is 0 Å². The van der Waals surface area contributed by atoms with Crippen molar-refractivity contribution >= 4 is 18.1 Å². The molecule has 3 rings (SSSR count). The Balaban J connectivity index is 2.01. The number of hydrogen-bond donors (Lipinski definition) is 1. The Morgan fingerprint density at radius 3 is 2.44 bits per heavy atom. The minimum absolute atomic E-state index is 0.386. The minimum Gasteiger partial charge on any atom is -0.273 e. The van der Waals surface area contributed by atoms with E-state index in [1.807, 2.05) is 31.2 Å². The highest BCUT2D eigenvalue weighted by Crippen LogP contribution is 2.42. The van der Waals surface area contributed by atoms with Crippen molar-refractivity contribution < 1.29 is 4.48 Å². The molecule has 0 radical (unpaired) electrons. The second-order valence-corrected chi connectivity index (χ2v) is 7.63. The van der Waals surface area contributed by atoms with Crippen molar-refractivity contribution in [1.29, 1.82) is 0 Å². The van der Waals surface area contributed by atoms with E-state index in [2.05, 4.69) is 73.0 Å². The number of nitrogens with zero attached hydrogens (tertiary/aromatic N) is 3. The first kappa shape index (κ1) is 17.9. The van der Waals surface area contributed by atoms with Crippen LogP contribution < -0.4 is 5.32 Å². The second-order valence-electron chi connectivity index (χ2n) is 6.56. The molecule has 0 saturated heterocycles. The number of benzene rings is 1. The van der Waals surface area contributed by atoms with Crippen LogP contribution in [0.1, 0.15) is 19.4 Å². The fourth-order valence-electron chi connectivity index (χ4n) is 3.03. The van der Waals surface area contributed by atoms with Gasteiger partial charge in [-0.05, 0) is 43.1 Å². The Kier molecular flexibility index (Phi) is 5.68. The Morgan fingerprint density at radius 2 is 1.80 bits per heavy atom. The molecule has 1 atom stereocenters. The SMILES string of the molecule is CNC[N+]1(Cc2ccncc2)C=NC(C(C)C)=C1Sc1ccccc1. The third-order valence-electron chi connectivity index (χ3n) is 4.20. The van der Waals surface area contributed by atoms with Crippen LogP contribution in [0.3, 0.4) is 0 Å². The molecule has 0 amide bonds. The lowest BCUT2D eigenvalue weighted by molar-refractivity contribution is -0.802. The van der Waals surface area contributed by atoms with Crippen molar-refractivity contribution in [3.63, 3.8) is 0 Å². The number of quaternary nitrogens is 1. The highest BCUT2D eigenvalue weighted by molar-refractivity contribution is 8.02. The summed E-state index contributed by atoms with van der Waals surface area (Å²) < 4.78 is 0.688. The Hall–Kier alpha value is -1.95. The van der Waals surface area contributed by atoms with Crippen molar-refractivity contribution in [1.82, 2.24) is 10.3 Å². The van der Waals surface area contributed by atoms with Gasteiger partial charge >= 0.3 is 0 Å². The summed E-state index contributed by atoms with van der Waals surface area (Å²) in [5, 5.41) is 4.66. The molecule has 0 bridgehead atoms. The second kappa shape index (κ2) is 7.95. The lowest BCUT2D eigenvalue weighted by atomic mass is 10.1. The number of aromatic nitrogens is 1. The maximum absolute atomic E-state index is 4.83. The molecule has 1 N–H and O–H groups in total. The fourth-order valence-corrected chi connectivity index (χ4v) is 4.29. The van der Waals surface area contributed by atoms with Crippen LogP contribution in [0.2, 0.25) is 0 Å². The number of allylic oxidation sites excluding steroid dienone is 1. The third kappa shape index (κ3) is 4.00. The van der Waals surface area contributed by atoms with E-state index in [0.717, 1.165) is 13.2 Å². The quantitative estimate of drug-likeness (QED) is 0.757. The number of hydrogen-bond acceptors (Lipinski definition) is 4. The van der Waals surface area contributed by atoms with E-state index in [4.69, 9.17) is 4.99 Å².